The highest BCUT2D eigenvalue weighted by Crippen LogP contribution is 2.31. The molecule has 10 heavy (non-hydrogen) atoms. The predicted molar refractivity (Wildman–Crippen MR) is 36.7 cm³/mol. The molecule has 0 saturated carbocycles. The van der Waals surface area contributed by atoms with Crippen molar-refractivity contribution in [3.05, 3.63) is 19.2 Å². The van der Waals surface area contributed by atoms with Crippen LogP contribution in [0.2, 0.25) is 0 Å². The zero-order valence-electron chi connectivity index (χ0n) is 5.58. The summed E-state index contributed by atoms with van der Waals surface area (Å²) in [6.07, 6.45) is 2.93. The van der Waals surface area contributed by atoms with Crippen LogP contribution in [0.1, 0.15) is 6.42 Å². The third-order valence-corrected chi connectivity index (χ3v) is 2.06. The van der Waals surface area contributed by atoms with E-state index < -0.39 is 0 Å². The SMILES string of the molecule is C=C[CH]N1C2CC1C(=O)N2. The van der Waals surface area contributed by atoms with Gasteiger partial charge in [-0.25, -0.2) is 0 Å². The number of carbonyl (C=O) groups excluding carboxylic acids is 1. The summed E-state index contributed by atoms with van der Waals surface area (Å²) in [6, 6.07) is 0.1000. The molecule has 2 bridgehead atoms. The number of fused-ring (bicyclic) bond motifs is 1. The standard InChI is InChI=1S/C7H9N2O/c1-2-3-9-5-4-6(9)8-7(5)10/h2-3,5-6H,1,4H2,(H,8,10). The Hall–Kier alpha value is -0.830. The topological polar surface area (TPSA) is 32.3 Å². The van der Waals surface area contributed by atoms with Gasteiger partial charge in [-0.05, 0) is 0 Å². The summed E-state index contributed by atoms with van der Waals surface area (Å²) in [7, 11) is 0. The molecule has 1 amide bonds. The molecule has 3 aliphatic rings. The van der Waals surface area contributed by atoms with Crippen molar-refractivity contribution in [2.24, 2.45) is 0 Å². The first-order valence-electron chi connectivity index (χ1n) is 3.36. The van der Waals surface area contributed by atoms with Crippen LogP contribution in [0.5, 0.6) is 0 Å². The van der Waals surface area contributed by atoms with Crippen molar-refractivity contribution in [2.75, 3.05) is 0 Å². The van der Waals surface area contributed by atoms with Crippen molar-refractivity contribution in [3.8, 4) is 0 Å². The Balaban J connectivity index is 2.04. The van der Waals surface area contributed by atoms with Gasteiger partial charge in [0.2, 0.25) is 5.91 Å². The number of amides is 1. The lowest BCUT2D eigenvalue weighted by molar-refractivity contribution is -0.120. The molecular weight excluding hydrogens is 128 g/mol. The Labute approximate surface area is 59.7 Å². The van der Waals surface area contributed by atoms with Crippen molar-refractivity contribution < 1.29 is 4.79 Å². The van der Waals surface area contributed by atoms with Gasteiger partial charge in [0, 0.05) is 13.0 Å². The van der Waals surface area contributed by atoms with Gasteiger partial charge in [0.1, 0.15) is 0 Å². The first kappa shape index (κ1) is 5.92. The second kappa shape index (κ2) is 1.83. The predicted octanol–water partition coefficient (Wildman–Crippen LogP) is -0.136. The first-order valence-corrected chi connectivity index (χ1v) is 3.36. The van der Waals surface area contributed by atoms with Gasteiger partial charge >= 0.3 is 0 Å². The molecule has 0 aromatic carbocycles. The Kier molecular flexibility index (Phi) is 1.08. The summed E-state index contributed by atoms with van der Waals surface area (Å²) in [5.41, 5.74) is 0. The largest absolute Gasteiger partial charge is 0.339 e. The van der Waals surface area contributed by atoms with Crippen LogP contribution in [0.25, 0.3) is 0 Å². The molecule has 1 N–H and O–H groups in total. The lowest BCUT2D eigenvalue weighted by Crippen LogP contribution is -2.49. The molecule has 2 unspecified atom stereocenters. The quantitative estimate of drug-likeness (QED) is 0.574. The minimum absolute atomic E-state index is 0.1000. The number of hydrogen-bond acceptors (Lipinski definition) is 2. The van der Waals surface area contributed by atoms with Crippen molar-refractivity contribution >= 4 is 5.91 Å². The molecule has 0 spiro atoms. The molecule has 0 aromatic heterocycles. The fourth-order valence-electron chi connectivity index (χ4n) is 1.50. The highest BCUT2D eigenvalue weighted by atomic mass is 16.2. The van der Waals surface area contributed by atoms with Crippen molar-refractivity contribution in [3.63, 3.8) is 0 Å². The first-order chi connectivity index (χ1) is 4.83. The molecule has 3 saturated heterocycles. The second-order valence-corrected chi connectivity index (χ2v) is 2.61. The van der Waals surface area contributed by atoms with Gasteiger partial charge in [-0.3, -0.25) is 9.69 Å². The van der Waals surface area contributed by atoms with E-state index in [2.05, 4.69) is 11.9 Å². The molecule has 1 radical (unpaired) electrons. The molecule has 53 valence electrons. The third kappa shape index (κ3) is 0.555. The molecule has 3 heterocycles. The number of nitrogens with one attached hydrogen (secondary N) is 1. The molecular formula is C7H9N2O. The van der Waals surface area contributed by atoms with Gasteiger partial charge in [0.25, 0.3) is 0 Å². The van der Waals surface area contributed by atoms with E-state index in [-0.39, 0.29) is 18.1 Å². The third-order valence-electron chi connectivity index (χ3n) is 2.06. The minimum atomic E-state index is 0.1000. The van der Waals surface area contributed by atoms with E-state index in [1.807, 2.05) is 11.4 Å². The maximum Gasteiger partial charge on any atom is 0.238 e. The summed E-state index contributed by atoms with van der Waals surface area (Å²) >= 11 is 0. The summed E-state index contributed by atoms with van der Waals surface area (Å²) in [6.45, 7) is 5.43. The maximum atomic E-state index is 10.9. The zero-order chi connectivity index (χ0) is 7.14. The molecule has 0 aliphatic carbocycles. The summed E-state index contributed by atoms with van der Waals surface area (Å²) in [5, 5.41) is 2.83. The van der Waals surface area contributed by atoms with Gasteiger partial charge in [-0.2, -0.15) is 0 Å². The van der Waals surface area contributed by atoms with E-state index in [1.165, 1.54) is 0 Å². The van der Waals surface area contributed by atoms with Crippen molar-refractivity contribution in [1.29, 1.82) is 0 Å². The highest BCUT2D eigenvalue weighted by Gasteiger charge is 2.50. The van der Waals surface area contributed by atoms with Crippen LogP contribution in [0.15, 0.2) is 12.7 Å². The average molecular weight is 137 g/mol. The second-order valence-electron chi connectivity index (χ2n) is 2.61. The molecule has 3 aliphatic heterocycles. The van der Waals surface area contributed by atoms with E-state index in [4.69, 9.17) is 0 Å². The van der Waals surface area contributed by atoms with Crippen LogP contribution in [-0.2, 0) is 4.79 Å². The zero-order valence-corrected chi connectivity index (χ0v) is 5.58. The molecule has 3 rings (SSSR count). The van der Waals surface area contributed by atoms with E-state index in [9.17, 15) is 4.79 Å². The number of carbonyl (C=O) groups is 1. The fraction of sp³-hybridized carbons (Fsp3) is 0.429. The van der Waals surface area contributed by atoms with E-state index in [0.29, 0.717) is 0 Å². The average Bonchev–Trinajstić information content (AvgIpc) is 2.37. The fourth-order valence-corrected chi connectivity index (χ4v) is 1.50. The molecule has 3 nitrogen and oxygen atoms in total. The van der Waals surface area contributed by atoms with Crippen molar-refractivity contribution in [1.82, 2.24) is 10.2 Å². The molecule has 0 aromatic rings. The van der Waals surface area contributed by atoms with Crippen LogP contribution in [0, 0.1) is 6.54 Å². The van der Waals surface area contributed by atoms with Gasteiger partial charge < -0.3 is 5.32 Å². The Bertz CT molecular complexity index is 190. The van der Waals surface area contributed by atoms with Gasteiger partial charge in [0.15, 0.2) is 0 Å². The molecule has 2 atom stereocenters. The highest BCUT2D eigenvalue weighted by molar-refractivity contribution is 5.87. The smallest absolute Gasteiger partial charge is 0.238 e. The van der Waals surface area contributed by atoms with Gasteiger partial charge in [-0.15, -0.1) is 6.58 Å². The number of nitrogens with zero attached hydrogens (tertiary/aromatic N) is 1. The normalized spacial score (nSPS) is 37.0. The number of rotatable bonds is 2. The van der Waals surface area contributed by atoms with Crippen LogP contribution in [0.4, 0.5) is 0 Å². The summed E-state index contributed by atoms with van der Waals surface area (Å²) < 4.78 is 0. The van der Waals surface area contributed by atoms with Crippen LogP contribution in [0.3, 0.4) is 0 Å². The van der Waals surface area contributed by atoms with Gasteiger partial charge in [0.05, 0.1) is 12.2 Å². The van der Waals surface area contributed by atoms with E-state index >= 15 is 0 Å². The lowest BCUT2D eigenvalue weighted by atomic mass is 10.1. The summed E-state index contributed by atoms with van der Waals surface area (Å²) in [5.74, 6) is 0.156. The minimum Gasteiger partial charge on any atom is -0.339 e. The van der Waals surface area contributed by atoms with Crippen LogP contribution >= 0.6 is 0 Å². The summed E-state index contributed by atoms with van der Waals surface area (Å²) in [4.78, 5) is 12.9. The van der Waals surface area contributed by atoms with E-state index in [1.54, 1.807) is 6.08 Å². The lowest BCUT2D eigenvalue weighted by Gasteiger charge is -2.35. The maximum absolute atomic E-state index is 10.9. The van der Waals surface area contributed by atoms with E-state index in [0.717, 1.165) is 6.42 Å². The van der Waals surface area contributed by atoms with Crippen LogP contribution in [-0.4, -0.2) is 23.0 Å². The number of hydrogen-bond donors (Lipinski definition) is 1. The van der Waals surface area contributed by atoms with Gasteiger partial charge in [-0.1, -0.05) is 6.08 Å². The molecule has 3 heteroatoms. The Morgan fingerprint density at radius 2 is 2.60 bits per heavy atom. The Morgan fingerprint density at radius 1 is 1.80 bits per heavy atom. The monoisotopic (exact) mass is 137 g/mol. The Morgan fingerprint density at radius 3 is 3.00 bits per heavy atom. The van der Waals surface area contributed by atoms with Crippen LogP contribution < -0.4 is 5.32 Å². The van der Waals surface area contributed by atoms with Crippen molar-refractivity contribution in [2.45, 2.75) is 18.6 Å². The molecule has 3 fully saturated rings.